The first-order valence-corrected chi connectivity index (χ1v) is 10.9. The SMILES string of the molecule is CC(CN1CCCCC1)Oc1cc(-c2cc(C(C)(C)C)[nH]n2)ncc1C1CC1. The van der Waals surface area contributed by atoms with E-state index in [9.17, 15) is 0 Å². The first-order chi connectivity index (χ1) is 13.4. The number of ether oxygens (including phenoxy) is 1. The Morgan fingerprint density at radius 2 is 1.89 bits per heavy atom. The molecule has 1 N–H and O–H groups in total. The van der Waals surface area contributed by atoms with Gasteiger partial charge < -0.3 is 4.74 Å². The molecule has 28 heavy (non-hydrogen) atoms. The molecule has 0 spiro atoms. The Morgan fingerprint density at radius 3 is 2.54 bits per heavy atom. The summed E-state index contributed by atoms with van der Waals surface area (Å²) in [5, 5.41) is 7.68. The zero-order valence-corrected chi connectivity index (χ0v) is 17.8. The summed E-state index contributed by atoms with van der Waals surface area (Å²) in [7, 11) is 0. The van der Waals surface area contributed by atoms with Crippen molar-refractivity contribution in [2.45, 2.75) is 77.2 Å². The lowest BCUT2D eigenvalue weighted by atomic mass is 9.92. The van der Waals surface area contributed by atoms with E-state index in [0.29, 0.717) is 5.92 Å². The second kappa shape index (κ2) is 7.86. The van der Waals surface area contributed by atoms with E-state index in [2.05, 4.69) is 54.9 Å². The second-order valence-corrected chi connectivity index (χ2v) is 9.59. The number of aromatic amines is 1. The zero-order chi connectivity index (χ0) is 19.7. The van der Waals surface area contributed by atoms with Crippen LogP contribution in [0.4, 0.5) is 0 Å². The fourth-order valence-corrected chi connectivity index (χ4v) is 3.99. The van der Waals surface area contributed by atoms with E-state index in [1.807, 2.05) is 6.20 Å². The van der Waals surface area contributed by atoms with E-state index < -0.39 is 0 Å². The van der Waals surface area contributed by atoms with Crippen molar-refractivity contribution in [2.75, 3.05) is 19.6 Å². The van der Waals surface area contributed by atoms with Crippen LogP contribution >= 0.6 is 0 Å². The van der Waals surface area contributed by atoms with Crippen LogP contribution in [0.3, 0.4) is 0 Å². The van der Waals surface area contributed by atoms with Crippen LogP contribution in [0.5, 0.6) is 5.75 Å². The lowest BCUT2D eigenvalue weighted by Crippen LogP contribution is -2.37. The van der Waals surface area contributed by atoms with E-state index >= 15 is 0 Å². The summed E-state index contributed by atoms with van der Waals surface area (Å²) < 4.78 is 6.47. The number of H-pyrrole nitrogens is 1. The largest absolute Gasteiger partial charge is 0.489 e. The molecular formula is C23H34N4O. The molecule has 5 heteroatoms. The van der Waals surface area contributed by atoms with Crippen molar-refractivity contribution in [1.82, 2.24) is 20.1 Å². The van der Waals surface area contributed by atoms with Crippen LogP contribution in [0.25, 0.3) is 11.4 Å². The molecule has 2 aromatic rings. The van der Waals surface area contributed by atoms with Crippen molar-refractivity contribution in [3.8, 4) is 17.1 Å². The number of hydrogen-bond donors (Lipinski definition) is 1. The van der Waals surface area contributed by atoms with Crippen molar-refractivity contribution in [1.29, 1.82) is 0 Å². The number of likely N-dealkylation sites (tertiary alicyclic amines) is 1. The topological polar surface area (TPSA) is 54.0 Å². The molecule has 1 saturated heterocycles. The van der Waals surface area contributed by atoms with Crippen LogP contribution in [0, 0.1) is 0 Å². The Hall–Kier alpha value is -1.88. The number of hydrogen-bond acceptors (Lipinski definition) is 4. The Morgan fingerprint density at radius 1 is 1.14 bits per heavy atom. The number of pyridine rings is 1. The molecule has 0 radical (unpaired) electrons. The first kappa shape index (κ1) is 19.4. The molecule has 1 aliphatic carbocycles. The summed E-state index contributed by atoms with van der Waals surface area (Å²) in [5.74, 6) is 1.61. The molecule has 5 nitrogen and oxygen atoms in total. The van der Waals surface area contributed by atoms with Gasteiger partial charge in [0.25, 0.3) is 0 Å². The summed E-state index contributed by atoms with van der Waals surface area (Å²) in [6.45, 7) is 12.2. The van der Waals surface area contributed by atoms with E-state index in [-0.39, 0.29) is 11.5 Å². The Bertz CT molecular complexity index is 797. The van der Waals surface area contributed by atoms with E-state index in [1.165, 1.54) is 50.8 Å². The maximum absolute atomic E-state index is 6.47. The lowest BCUT2D eigenvalue weighted by Gasteiger charge is -2.29. The van der Waals surface area contributed by atoms with E-state index in [1.54, 1.807) is 0 Å². The summed E-state index contributed by atoms with van der Waals surface area (Å²) >= 11 is 0. The molecule has 2 aliphatic rings. The predicted octanol–water partition coefficient (Wildman–Crippen LogP) is 4.90. The fraction of sp³-hybridized carbons (Fsp3) is 0.652. The average molecular weight is 383 g/mol. The van der Waals surface area contributed by atoms with Gasteiger partial charge in [-0.15, -0.1) is 0 Å². The van der Waals surface area contributed by atoms with Crippen molar-refractivity contribution in [3.05, 3.63) is 29.6 Å². The van der Waals surface area contributed by atoms with Gasteiger partial charge in [0.05, 0.1) is 5.69 Å². The minimum absolute atomic E-state index is 0.0431. The molecule has 0 aromatic carbocycles. The van der Waals surface area contributed by atoms with Crippen LogP contribution in [0.15, 0.2) is 18.3 Å². The third-order valence-corrected chi connectivity index (χ3v) is 5.85. The van der Waals surface area contributed by atoms with Gasteiger partial charge in [0, 0.05) is 35.5 Å². The van der Waals surface area contributed by atoms with E-state index in [4.69, 9.17) is 9.72 Å². The third-order valence-electron chi connectivity index (χ3n) is 5.85. The smallest absolute Gasteiger partial charge is 0.127 e. The standard InChI is InChI=1S/C23H34N4O/c1-16(15-27-10-6-5-7-11-27)28-21-12-19(24-14-18(21)17-8-9-17)20-13-22(26-25-20)23(2,3)4/h12-14,16-17H,5-11,15H2,1-4H3,(H,25,26). The van der Waals surface area contributed by atoms with Gasteiger partial charge in [-0.3, -0.25) is 15.0 Å². The molecule has 1 unspecified atom stereocenters. The van der Waals surface area contributed by atoms with Crippen molar-refractivity contribution >= 4 is 0 Å². The Labute approximate surface area is 168 Å². The summed E-state index contributed by atoms with van der Waals surface area (Å²) in [6, 6.07) is 4.21. The molecule has 1 atom stereocenters. The monoisotopic (exact) mass is 382 g/mol. The minimum Gasteiger partial charge on any atom is -0.489 e. The van der Waals surface area contributed by atoms with Crippen molar-refractivity contribution in [2.24, 2.45) is 0 Å². The highest BCUT2D eigenvalue weighted by Gasteiger charge is 2.29. The summed E-state index contributed by atoms with van der Waals surface area (Å²) in [5.41, 5.74) is 4.20. The Balaban J connectivity index is 1.53. The molecule has 3 heterocycles. The Kier molecular flexibility index (Phi) is 5.46. The quantitative estimate of drug-likeness (QED) is 0.772. The molecule has 1 saturated carbocycles. The van der Waals surface area contributed by atoms with Crippen molar-refractivity contribution in [3.63, 3.8) is 0 Å². The lowest BCUT2D eigenvalue weighted by molar-refractivity contribution is 0.129. The molecule has 2 aromatic heterocycles. The average Bonchev–Trinajstić information content (AvgIpc) is 3.36. The molecule has 4 rings (SSSR count). The molecule has 0 amide bonds. The summed E-state index contributed by atoms with van der Waals surface area (Å²) in [4.78, 5) is 7.25. The highest BCUT2D eigenvalue weighted by Crippen LogP contribution is 2.45. The van der Waals surface area contributed by atoms with Gasteiger partial charge in [-0.2, -0.15) is 5.10 Å². The maximum atomic E-state index is 6.47. The van der Waals surface area contributed by atoms with Gasteiger partial charge in [-0.25, -0.2) is 0 Å². The van der Waals surface area contributed by atoms with Crippen LogP contribution in [-0.4, -0.2) is 45.8 Å². The predicted molar refractivity (Wildman–Crippen MR) is 113 cm³/mol. The maximum Gasteiger partial charge on any atom is 0.127 e. The van der Waals surface area contributed by atoms with Gasteiger partial charge in [0.1, 0.15) is 17.5 Å². The fourth-order valence-electron chi connectivity index (χ4n) is 3.99. The van der Waals surface area contributed by atoms with Gasteiger partial charge in [-0.05, 0) is 57.7 Å². The second-order valence-electron chi connectivity index (χ2n) is 9.59. The highest BCUT2D eigenvalue weighted by atomic mass is 16.5. The third kappa shape index (κ3) is 4.57. The van der Waals surface area contributed by atoms with Crippen LogP contribution in [0.1, 0.15) is 77.0 Å². The summed E-state index contributed by atoms with van der Waals surface area (Å²) in [6.07, 6.45) is 8.68. The minimum atomic E-state index is 0.0431. The number of nitrogens with zero attached hydrogens (tertiary/aromatic N) is 3. The van der Waals surface area contributed by atoms with Crippen LogP contribution in [-0.2, 0) is 5.41 Å². The molecule has 0 bridgehead atoms. The highest BCUT2D eigenvalue weighted by molar-refractivity contribution is 5.58. The number of nitrogens with one attached hydrogen (secondary N) is 1. The van der Waals surface area contributed by atoms with E-state index in [0.717, 1.165) is 29.4 Å². The normalized spacial score (nSPS) is 19.6. The number of aromatic nitrogens is 3. The zero-order valence-electron chi connectivity index (χ0n) is 17.8. The van der Waals surface area contributed by atoms with Gasteiger partial charge >= 0.3 is 0 Å². The van der Waals surface area contributed by atoms with Crippen LogP contribution < -0.4 is 4.74 Å². The molecular weight excluding hydrogens is 348 g/mol. The van der Waals surface area contributed by atoms with Crippen molar-refractivity contribution < 1.29 is 4.74 Å². The molecule has 152 valence electrons. The number of piperidine rings is 1. The molecule has 2 fully saturated rings. The van der Waals surface area contributed by atoms with Gasteiger partial charge in [0.2, 0.25) is 0 Å². The first-order valence-electron chi connectivity index (χ1n) is 10.9. The molecule has 1 aliphatic heterocycles. The van der Waals surface area contributed by atoms with Crippen LogP contribution in [0.2, 0.25) is 0 Å². The number of rotatable bonds is 6. The van der Waals surface area contributed by atoms with Gasteiger partial charge in [0.15, 0.2) is 0 Å². The van der Waals surface area contributed by atoms with Gasteiger partial charge in [-0.1, -0.05) is 27.2 Å².